The van der Waals surface area contributed by atoms with Gasteiger partial charge in [-0.25, -0.2) is 0 Å². The lowest BCUT2D eigenvalue weighted by Crippen LogP contribution is -2.05. The maximum Gasteiger partial charge on any atom is 0.195 e. The van der Waals surface area contributed by atoms with E-state index in [2.05, 4.69) is 26.9 Å². The van der Waals surface area contributed by atoms with E-state index < -0.39 is 0 Å². The van der Waals surface area contributed by atoms with Crippen molar-refractivity contribution in [2.45, 2.75) is 31.7 Å². The second-order valence-corrected chi connectivity index (χ2v) is 5.30. The molecule has 2 aromatic rings. The van der Waals surface area contributed by atoms with Crippen LogP contribution in [0.1, 0.15) is 30.1 Å². The molecule has 3 rings (SSSR count). The van der Waals surface area contributed by atoms with Gasteiger partial charge in [-0.1, -0.05) is 12.1 Å². The summed E-state index contributed by atoms with van der Waals surface area (Å²) >= 11 is 5.30. The van der Waals surface area contributed by atoms with Gasteiger partial charge in [0.2, 0.25) is 0 Å². The van der Waals surface area contributed by atoms with Gasteiger partial charge in [0.05, 0.1) is 7.11 Å². The number of H-pyrrole nitrogens is 1. The second-order valence-electron chi connectivity index (χ2n) is 4.91. The minimum atomic E-state index is 0.609. The fourth-order valence-electron chi connectivity index (χ4n) is 2.27. The topological polar surface area (TPSA) is 42.8 Å². The highest BCUT2D eigenvalue weighted by atomic mass is 32.1. The lowest BCUT2D eigenvalue weighted by Gasteiger charge is -2.07. The molecule has 0 spiro atoms. The van der Waals surface area contributed by atoms with Crippen LogP contribution in [-0.2, 0) is 13.0 Å². The molecule has 1 aromatic heterocycles. The van der Waals surface area contributed by atoms with Gasteiger partial charge in [-0.2, -0.15) is 5.10 Å². The van der Waals surface area contributed by atoms with E-state index in [9.17, 15) is 0 Å². The standard InChI is InChI=1S/C14H17N3OS/c1-18-12-4-2-3-10(9-12)7-8-17-13(11-5-6-11)15-16-14(17)19/h2-4,9,11H,5-8H2,1H3,(H,16,19). The maximum absolute atomic E-state index is 5.30. The Hall–Kier alpha value is -1.62. The monoisotopic (exact) mass is 275 g/mol. The Morgan fingerprint density at radius 3 is 3.05 bits per heavy atom. The number of methoxy groups -OCH3 is 1. The van der Waals surface area contributed by atoms with Gasteiger partial charge in [-0.05, 0) is 49.2 Å². The normalized spacial score (nSPS) is 14.6. The van der Waals surface area contributed by atoms with E-state index in [-0.39, 0.29) is 0 Å². The summed E-state index contributed by atoms with van der Waals surface area (Å²) in [4.78, 5) is 0. The third kappa shape index (κ3) is 2.71. The van der Waals surface area contributed by atoms with Gasteiger partial charge in [-0.15, -0.1) is 0 Å². The highest BCUT2D eigenvalue weighted by molar-refractivity contribution is 7.71. The molecule has 1 heterocycles. The van der Waals surface area contributed by atoms with Crippen LogP contribution in [0, 0.1) is 4.77 Å². The average Bonchev–Trinajstić information content (AvgIpc) is 3.21. The number of benzene rings is 1. The van der Waals surface area contributed by atoms with Crippen LogP contribution in [-0.4, -0.2) is 21.9 Å². The number of hydrogen-bond acceptors (Lipinski definition) is 3. The van der Waals surface area contributed by atoms with E-state index in [0.29, 0.717) is 5.92 Å². The third-order valence-electron chi connectivity index (χ3n) is 3.49. The van der Waals surface area contributed by atoms with Crippen LogP contribution in [0.2, 0.25) is 0 Å². The number of aromatic nitrogens is 3. The first kappa shape index (κ1) is 12.4. The van der Waals surface area contributed by atoms with Crippen molar-refractivity contribution in [3.05, 3.63) is 40.4 Å². The van der Waals surface area contributed by atoms with E-state index in [1.165, 1.54) is 18.4 Å². The molecule has 5 heteroatoms. The zero-order valence-corrected chi connectivity index (χ0v) is 11.7. The molecular weight excluding hydrogens is 258 g/mol. The molecule has 0 atom stereocenters. The fraction of sp³-hybridized carbons (Fsp3) is 0.429. The fourth-order valence-corrected chi connectivity index (χ4v) is 2.50. The molecular formula is C14H17N3OS. The highest BCUT2D eigenvalue weighted by Crippen LogP contribution is 2.38. The van der Waals surface area contributed by atoms with Crippen molar-refractivity contribution < 1.29 is 4.74 Å². The Morgan fingerprint density at radius 2 is 2.32 bits per heavy atom. The Morgan fingerprint density at radius 1 is 1.47 bits per heavy atom. The van der Waals surface area contributed by atoms with Crippen molar-refractivity contribution in [3.63, 3.8) is 0 Å². The number of nitrogens with one attached hydrogen (secondary N) is 1. The third-order valence-corrected chi connectivity index (χ3v) is 3.80. The van der Waals surface area contributed by atoms with Gasteiger partial charge >= 0.3 is 0 Å². The Bertz CT molecular complexity index is 628. The molecule has 1 saturated carbocycles. The summed E-state index contributed by atoms with van der Waals surface area (Å²) in [5.74, 6) is 2.63. The average molecular weight is 275 g/mol. The van der Waals surface area contributed by atoms with Crippen LogP contribution >= 0.6 is 12.2 Å². The SMILES string of the molecule is COc1cccc(CCn2c(C3CC3)n[nH]c2=S)c1. The molecule has 1 aliphatic rings. The van der Waals surface area contributed by atoms with Crippen molar-refractivity contribution in [3.8, 4) is 5.75 Å². The number of ether oxygens (including phenoxy) is 1. The van der Waals surface area contributed by atoms with Gasteiger partial charge in [0.1, 0.15) is 11.6 Å². The Kier molecular flexibility index (Phi) is 3.38. The Balaban J connectivity index is 1.75. The van der Waals surface area contributed by atoms with Crippen LogP contribution in [0.3, 0.4) is 0 Å². The predicted octanol–water partition coefficient (Wildman–Crippen LogP) is 3.07. The Labute approximate surface area is 117 Å². The predicted molar refractivity (Wildman–Crippen MR) is 76.1 cm³/mol. The first-order valence-corrected chi connectivity index (χ1v) is 6.97. The molecule has 1 aromatic carbocycles. The first-order chi connectivity index (χ1) is 9.28. The summed E-state index contributed by atoms with van der Waals surface area (Å²) in [5, 5.41) is 7.25. The van der Waals surface area contributed by atoms with Crippen molar-refractivity contribution in [1.29, 1.82) is 0 Å². The van der Waals surface area contributed by atoms with E-state index in [1.54, 1.807) is 7.11 Å². The van der Waals surface area contributed by atoms with Gasteiger partial charge in [0.25, 0.3) is 0 Å². The highest BCUT2D eigenvalue weighted by Gasteiger charge is 2.28. The van der Waals surface area contributed by atoms with Crippen LogP contribution < -0.4 is 4.74 Å². The van der Waals surface area contributed by atoms with E-state index in [1.807, 2.05) is 12.1 Å². The smallest absolute Gasteiger partial charge is 0.195 e. The molecule has 1 aliphatic carbocycles. The second kappa shape index (κ2) is 5.17. The van der Waals surface area contributed by atoms with Crippen LogP contribution in [0.4, 0.5) is 0 Å². The number of aryl methyl sites for hydroxylation is 1. The zero-order chi connectivity index (χ0) is 13.2. The van der Waals surface area contributed by atoms with Gasteiger partial charge in [-0.3, -0.25) is 5.10 Å². The molecule has 4 nitrogen and oxygen atoms in total. The van der Waals surface area contributed by atoms with Gasteiger partial charge in [0.15, 0.2) is 4.77 Å². The van der Waals surface area contributed by atoms with Crippen LogP contribution in [0.15, 0.2) is 24.3 Å². The van der Waals surface area contributed by atoms with Gasteiger partial charge < -0.3 is 9.30 Å². The number of aromatic amines is 1. The largest absolute Gasteiger partial charge is 0.497 e. The molecule has 0 radical (unpaired) electrons. The minimum absolute atomic E-state index is 0.609. The van der Waals surface area contributed by atoms with Crippen LogP contribution in [0.5, 0.6) is 5.75 Å². The van der Waals surface area contributed by atoms with Crippen LogP contribution in [0.25, 0.3) is 0 Å². The molecule has 0 saturated heterocycles. The van der Waals surface area contributed by atoms with Gasteiger partial charge in [0, 0.05) is 12.5 Å². The lowest BCUT2D eigenvalue weighted by molar-refractivity contribution is 0.414. The van der Waals surface area contributed by atoms with E-state index in [0.717, 1.165) is 29.3 Å². The minimum Gasteiger partial charge on any atom is -0.497 e. The molecule has 0 bridgehead atoms. The molecule has 1 N–H and O–H groups in total. The van der Waals surface area contributed by atoms with E-state index >= 15 is 0 Å². The summed E-state index contributed by atoms with van der Waals surface area (Å²) in [6.45, 7) is 0.869. The summed E-state index contributed by atoms with van der Waals surface area (Å²) in [6, 6.07) is 8.16. The molecule has 19 heavy (non-hydrogen) atoms. The molecule has 0 amide bonds. The summed E-state index contributed by atoms with van der Waals surface area (Å²) in [7, 11) is 1.69. The first-order valence-electron chi connectivity index (χ1n) is 6.56. The van der Waals surface area contributed by atoms with Crippen molar-refractivity contribution >= 4 is 12.2 Å². The summed E-state index contributed by atoms with van der Waals surface area (Å²) < 4.78 is 8.10. The molecule has 100 valence electrons. The number of rotatable bonds is 5. The van der Waals surface area contributed by atoms with Crippen molar-refractivity contribution in [1.82, 2.24) is 14.8 Å². The number of nitrogens with zero attached hydrogens (tertiary/aromatic N) is 2. The number of hydrogen-bond donors (Lipinski definition) is 1. The zero-order valence-electron chi connectivity index (χ0n) is 10.9. The summed E-state index contributed by atoms with van der Waals surface area (Å²) in [6.07, 6.45) is 3.41. The van der Waals surface area contributed by atoms with Crippen molar-refractivity contribution in [2.24, 2.45) is 0 Å². The lowest BCUT2D eigenvalue weighted by atomic mass is 10.1. The maximum atomic E-state index is 5.30. The quantitative estimate of drug-likeness (QED) is 0.853. The van der Waals surface area contributed by atoms with Crippen molar-refractivity contribution in [2.75, 3.05) is 7.11 Å². The molecule has 0 unspecified atom stereocenters. The molecule has 0 aliphatic heterocycles. The van der Waals surface area contributed by atoms with E-state index in [4.69, 9.17) is 17.0 Å². The molecule has 1 fully saturated rings. The summed E-state index contributed by atoms with van der Waals surface area (Å²) in [5.41, 5.74) is 1.25.